The minimum absolute atomic E-state index is 0.00576. The van der Waals surface area contributed by atoms with Crippen molar-refractivity contribution in [2.75, 3.05) is 5.32 Å². The van der Waals surface area contributed by atoms with Crippen molar-refractivity contribution in [1.29, 1.82) is 0 Å². The summed E-state index contributed by atoms with van der Waals surface area (Å²) >= 11 is 0. The first-order valence-electron chi connectivity index (χ1n) is 7.06. The summed E-state index contributed by atoms with van der Waals surface area (Å²) in [5.74, 6) is 0.542. The summed E-state index contributed by atoms with van der Waals surface area (Å²) in [6.45, 7) is 5.05. The van der Waals surface area contributed by atoms with Crippen LogP contribution in [0.25, 0.3) is 0 Å². The van der Waals surface area contributed by atoms with Crippen molar-refractivity contribution in [3.05, 3.63) is 22.6 Å². The number of aromatic nitrogens is 2. The minimum Gasteiger partial charge on any atom is -0.381 e. The molecule has 1 N–H and O–H groups in total. The fraction of sp³-hybridized carbons (Fsp3) is 0.714. The lowest BCUT2D eigenvalue weighted by atomic mass is 9.93. The van der Waals surface area contributed by atoms with Crippen molar-refractivity contribution in [2.45, 2.75) is 58.5 Å². The van der Waals surface area contributed by atoms with Gasteiger partial charge in [0.05, 0.1) is 11.9 Å². The molecule has 0 amide bonds. The fourth-order valence-electron chi connectivity index (χ4n) is 2.23. The van der Waals surface area contributed by atoms with Gasteiger partial charge in [0.25, 0.3) is 5.56 Å². The van der Waals surface area contributed by atoms with Crippen LogP contribution in [0, 0.1) is 5.92 Å². The summed E-state index contributed by atoms with van der Waals surface area (Å²) in [5, 5.41) is 7.62. The van der Waals surface area contributed by atoms with Crippen LogP contribution in [0.2, 0.25) is 0 Å². The molecule has 0 bridgehead atoms. The SMILES string of the molecule is CCC(CC)Cn1ncc(NC2CCC2)cc1=O. The highest BCUT2D eigenvalue weighted by atomic mass is 16.1. The lowest BCUT2D eigenvalue weighted by molar-refractivity contribution is 0.384. The van der Waals surface area contributed by atoms with Gasteiger partial charge in [0, 0.05) is 18.7 Å². The molecule has 100 valence electrons. The highest BCUT2D eigenvalue weighted by Gasteiger charge is 2.17. The summed E-state index contributed by atoms with van der Waals surface area (Å²) in [7, 11) is 0. The molecule has 1 aliphatic carbocycles. The van der Waals surface area contributed by atoms with Gasteiger partial charge in [-0.3, -0.25) is 4.79 Å². The second-order valence-electron chi connectivity index (χ2n) is 5.22. The Balaban J connectivity index is 2.02. The number of nitrogens with one attached hydrogen (secondary N) is 1. The third-order valence-corrected chi connectivity index (χ3v) is 3.93. The molecule has 0 saturated heterocycles. The number of anilines is 1. The molecule has 0 atom stereocenters. The van der Waals surface area contributed by atoms with Crippen LogP contribution in [0.15, 0.2) is 17.1 Å². The van der Waals surface area contributed by atoms with Gasteiger partial charge in [0.2, 0.25) is 0 Å². The third-order valence-electron chi connectivity index (χ3n) is 3.93. The molecule has 0 aliphatic heterocycles. The van der Waals surface area contributed by atoms with Crippen LogP contribution in [0.4, 0.5) is 5.69 Å². The first kappa shape index (κ1) is 13.1. The maximum atomic E-state index is 12.0. The first-order valence-corrected chi connectivity index (χ1v) is 7.06. The average molecular weight is 249 g/mol. The average Bonchev–Trinajstić information content (AvgIpc) is 2.33. The van der Waals surface area contributed by atoms with E-state index in [1.807, 2.05) is 0 Å². The van der Waals surface area contributed by atoms with Crippen LogP contribution >= 0.6 is 0 Å². The topological polar surface area (TPSA) is 46.9 Å². The zero-order valence-electron chi connectivity index (χ0n) is 11.4. The van der Waals surface area contributed by atoms with E-state index in [0.29, 0.717) is 12.0 Å². The van der Waals surface area contributed by atoms with Gasteiger partial charge in [-0.1, -0.05) is 26.7 Å². The standard InChI is InChI=1S/C14H23N3O/c1-3-11(4-2)10-17-14(18)8-13(9-15-17)16-12-6-5-7-12/h8-9,11-12,16H,3-7,10H2,1-2H3. The van der Waals surface area contributed by atoms with Crippen LogP contribution in [-0.4, -0.2) is 15.8 Å². The molecule has 4 nitrogen and oxygen atoms in total. The van der Waals surface area contributed by atoms with Crippen molar-refractivity contribution in [3.63, 3.8) is 0 Å². The lowest BCUT2D eigenvalue weighted by Crippen LogP contribution is -2.30. The van der Waals surface area contributed by atoms with Crippen molar-refractivity contribution in [3.8, 4) is 0 Å². The van der Waals surface area contributed by atoms with Gasteiger partial charge in [-0.15, -0.1) is 0 Å². The number of nitrogens with zero attached hydrogens (tertiary/aromatic N) is 2. The Morgan fingerprint density at radius 1 is 1.44 bits per heavy atom. The van der Waals surface area contributed by atoms with Gasteiger partial charge in [0.1, 0.15) is 0 Å². The van der Waals surface area contributed by atoms with Gasteiger partial charge in [-0.2, -0.15) is 5.10 Å². The monoisotopic (exact) mass is 249 g/mol. The number of hydrogen-bond acceptors (Lipinski definition) is 3. The molecular weight excluding hydrogens is 226 g/mol. The molecule has 0 aromatic carbocycles. The van der Waals surface area contributed by atoms with E-state index in [-0.39, 0.29) is 5.56 Å². The molecule has 0 spiro atoms. The molecular formula is C14H23N3O. The zero-order valence-corrected chi connectivity index (χ0v) is 11.4. The van der Waals surface area contributed by atoms with E-state index < -0.39 is 0 Å². The third kappa shape index (κ3) is 3.12. The molecule has 1 aromatic rings. The Labute approximate surface area is 108 Å². The van der Waals surface area contributed by atoms with Gasteiger partial charge < -0.3 is 5.32 Å². The summed E-state index contributed by atoms with van der Waals surface area (Å²) in [6.07, 6.45) is 7.66. The highest BCUT2D eigenvalue weighted by Crippen LogP contribution is 2.22. The van der Waals surface area contributed by atoms with Crippen LogP contribution in [0.3, 0.4) is 0 Å². The van der Waals surface area contributed by atoms with Crippen molar-refractivity contribution in [1.82, 2.24) is 9.78 Å². The molecule has 1 aromatic heterocycles. The molecule has 0 unspecified atom stereocenters. The van der Waals surface area contributed by atoms with E-state index in [0.717, 1.165) is 25.1 Å². The zero-order chi connectivity index (χ0) is 13.0. The fourth-order valence-corrected chi connectivity index (χ4v) is 2.23. The molecule has 1 fully saturated rings. The van der Waals surface area contributed by atoms with Crippen LogP contribution < -0.4 is 10.9 Å². The van der Waals surface area contributed by atoms with Crippen LogP contribution in [0.5, 0.6) is 0 Å². The molecule has 4 heteroatoms. The smallest absolute Gasteiger partial charge is 0.268 e. The quantitative estimate of drug-likeness (QED) is 0.843. The predicted molar refractivity (Wildman–Crippen MR) is 73.8 cm³/mol. The van der Waals surface area contributed by atoms with E-state index in [2.05, 4.69) is 24.3 Å². The Hall–Kier alpha value is -1.32. The minimum atomic E-state index is 0.00576. The molecule has 1 saturated carbocycles. The van der Waals surface area contributed by atoms with E-state index in [1.165, 1.54) is 19.3 Å². The lowest BCUT2D eigenvalue weighted by Gasteiger charge is -2.27. The predicted octanol–water partition coefficient (Wildman–Crippen LogP) is 2.64. The molecule has 2 rings (SSSR count). The Morgan fingerprint density at radius 3 is 2.67 bits per heavy atom. The largest absolute Gasteiger partial charge is 0.381 e. The van der Waals surface area contributed by atoms with Gasteiger partial charge in [-0.05, 0) is 25.2 Å². The van der Waals surface area contributed by atoms with Gasteiger partial charge in [-0.25, -0.2) is 4.68 Å². The molecule has 1 heterocycles. The summed E-state index contributed by atoms with van der Waals surface area (Å²) < 4.78 is 1.59. The Bertz CT molecular complexity index is 433. The summed E-state index contributed by atoms with van der Waals surface area (Å²) in [6, 6.07) is 2.22. The normalized spacial score (nSPS) is 15.7. The number of rotatable bonds is 6. The van der Waals surface area contributed by atoms with E-state index >= 15 is 0 Å². The van der Waals surface area contributed by atoms with Crippen LogP contribution in [-0.2, 0) is 6.54 Å². The second-order valence-corrected chi connectivity index (χ2v) is 5.22. The summed E-state index contributed by atoms with van der Waals surface area (Å²) in [5.41, 5.74) is 0.872. The Kier molecular flexibility index (Phi) is 4.39. The molecule has 0 radical (unpaired) electrons. The van der Waals surface area contributed by atoms with E-state index in [4.69, 9.17) is 0 Å². The van der Waals surface area contributed by atoms with Crippen molar-refractivity contribution < 1.29 is 0 Å². The summed E-state index contributed by atoms with van der Waals surface area (Å²) in [4.78, 5) is 12.0. The molecule has 1 aliphatic rings. The maximum Gasteiger partial charge on any atom is 0.268 e. The van der Waals surface area contributed by atoms with Crippen molar-refractivity contribution in [2.24, 2.45) is 5.92 Å². The van der Waals surface area contributed by atoms with E-state index in [9.17, 15) is 4.79 Å². The van der Waals surface area contributed by atoms with Crippen LogP contribution in [0.1, 0.15) is 46.0 Å². The number of hydrogen-bond donors (Lipinski definition) is 1. The highest BCUT2D eigenvalue weighted by molar-refractivity contribution is 5.40. The Morgan fingerprint density at radius 2 is 2.17 bits per heavy atom. The van der Waals surface area contributed by atoms with Gasteiger partial charge in [0.15, 0.2) is 0 Å². The molecule has 18 heavy (non-hydrogen) atoms. The van der Waals surface area contributed by atoms with Crippen molar-refractivity contribution >= 4 is 5.69 Å². The maximum absolute atomic E-state index is 12.0. The van der Waals surface area contributed by atoms with E-state index in [1.54, 1.807) is 16.9 Å². The first-order chi connectivity index (χ1) is 8.72. The second kappa shape index (κ2) is 6.03. The van der Waals surface area contributed by atoms with Gasteiger partial charge >= 0.3 is 0 Å².